The molecule has 3 saturated heterocycles. The monoisotopic (exact) mass is 434 g/mol. The summed E-state index contributed by atoms with van der Waals surface area (Å²) in [7, 11) is 1.82. The molecule has 0 bridgehead atoms. The Balaban J connectivity index is 0.000000318. The molecule has 12 heteroatoms. The van der Waals surface area contributed by atoms with Crippen LogP contribution in [0.15, 0.2) is 12.3 Å². The molecule has 3 aliphatic rings. The number of carboxylic acids is 1. The van der Waals surface area contributed by atoms with Gasteiger partial charge in [-0.05, 0) is 6.07 Å². The maximum Gasteiger partial charge on any atom is 0.490 e. The summed E-state index contributed by atoms with van der Waals surface area (Å²) in [6.45, 7) is 7.64. The average molecular weight is 434 g/mol. The highest BCUT2D eigenvalue weighted by Gasteiger charge is 2.52. The highest BCUT2D eigenvalue weighted by atomic mass is 19.4. The predicted molar refractivity (Wildman–Crippen MR) is 96.8 cm³/mol. The van der Waals surface area contributed by atoms with E-state index in [0.29, 0.717) is 11.6 Å². The van der Waals surface area contributed by atoms with E-state index in [4.69, 9.17) is 19.4 Å². The van der Waals surface area contributed by atoms with Gasteiger partial charge in [0.1, 0.15) is 5.69 Å². The summed E-state index contributed by atoms with van der Waals surface area (Å²) in [4.78, 5) is 26.1. The van der Waals surface area contributed by atoms with E-state index in [1.165, 1.54) is 0 Å². The maximum atomic E-state index is 12.8. The third-order valence-corrected chi connectivity index (χ3v) is 5.73. The second kappa shape index (κ2) is 8.90. The second-order valence-corrected chi connectivity index (χ2v) is 7.79. The van der Waals surface area contributed by atoms with Gasteiger partial charge in [-0.15, -0.1) is 0 Å². The number of aromatic nitrogens is 2. The largest absolute Gasteiger partial charge is 0.490 e. The minimum Gasteiger partial charge on any atom is -0.475 e. The number of aryl methyl sites for hydroxylation is 1. The molecular weight excluding hydrogens is 409 g/mol. The van der Waals surface area contributed by atoms with Gasteiger partial charge in [-0.3, -0.25) is 14.4 Å². The lowest BCUT2D eigenvalue weighted by Gasteiger charge is -2.36. The molecule has 0 unspecified atom stereocenters. The molecule has 2 atom stereocenters. The molecule has 1 amide bonds. The quantitative estimate of drug-likeness (QED) is 0.739. The van der Waals surface area contributed by atoms with Crippen LogP contribution in [0.3, 0.4) is 0 Å². The standard InChI is InChI=1S/C16H24N4O3.C2HF3O2/c1-18-14(2-3-17-18)15(21)20-8-13-9-23-12-16(13,11-20)10-19-4-6-22-7-5-19;3-2(4,5)1(6)7/h2-3,13H,4-12H2,1H3;(H,6,7)/t13-,16+;/m1./s1. The Morgan fingerprint density at radius 3 is 2.53 bits per heavy atom. The van der Waals surface area contributed by atoms with Crippen molar-refractivity contribution < 1.29 is 37.3 Å². The van der Waals surface area contributed by atoms with Crippen LogP contribution < -0.4 is 0 Å². The van der Waals surface area contributed by atoms with Crippen molar-refractivity contribution in [2.75, 3.05) is 59.2 Å². The molecule has 30 heavy (non-hydrogen) atoms. The van der Waals surface area contributed by atoms with Gasteiger partial charge >= 0.3 is 12.1 Å². The van der Waals surface area contributed by atoms with E-state index >= 15 is 0 Å². The molecule has 0 spiro atoms. The van der Waals surface area contributed by atoms with Crippen molar-refractivity contribution in [3.8, 4) is 0 Å². The molecule has 0 aromatic carbocycles. The number of morpholine rings is 1. The molecule has 1 N–H and O–H groups in total. The zero-order valence-corrected chi connectivity index (χ0v) is 16.6. The fourth-order valence-electron chi connectivity index (χ4n) is 4.16. The van der Waals surface area contributed by atoms with Crippen molar-refractivity contribution in [2.24, 2.45) is 18.4 Å². The number of carbonyl (C=O) groups is 2. The number of fused-ring (bicyclic) bond motifs is 1. The lowest BCUT2D eigenvalue weighted by Crippen LogP contribution is -2.47. The van der Waals surface area contributed by atoms with Crippen molar-refractivity contribution in [3.63, 3.8) is 0 Å². The minimum atomic E-state index is -5.08. The first-order valence-corrected chi connectivity index (χ1v) is 9.58. The third kappa shape index (κ3) is 4.93. The Kier molecular flexibility index (Phi) is 6.68. The molecule has 168 valence electrons. The average Bonchev–Trinajstić information content (AvgIpc) is 3.35. The van der Waals surface area contributed by atoms with Gasteiger partial charge in [-0.1, -0.05) is 0 Å². The number of nitrogens with zero attached hydrogens (tertiary/aromatic N) is 4. The van der Waals surface area contributed by atoms with Gasteiger partial charge in [0, 0.05) is 57.3 Å². The van der Waals surface area contributed by atoms with Gasteiger partial charge in [-0.2, -0.15) is 18.3 Å². The topological polar surface area (TPSA) is 97.1 Å². The number of halogens is 3. The molecule has 0 aliphatic carbocycles. The Bertz CT molecular complexity index is 765. The summed E-state index contributed by atoms with van der Waals surface area (Å²) in [6, 6.07) is 1.79. The molecular formula is C18H25F3N4O5. The van der Waals surface area contributed by atoms with Crippen LogP contribution in [0.4, 0.5) is 13.2 Å². The fraction of sp³-hybridized carbons (Fsp3) is 0.722. The predicted octanol–water partition coefficient (Wildman–Crippen LogP) is 0.474. The summed E-state index contributed by atoms with van der Waals surface area (Å²) in [6.07, 6.45) is -3.41. The summed E-state index contributed by atoms with van der Waals surface area (Å²) >= 11 is 0. The van der Waals surface area contributed by atoms with Gasteiger partial charge < -0.3 is 19.5 Å². The van der Waals surface area contributed by atoms with Crippen molar-refractivity contribution in [3.05, 3.63) is 18.0 Å². The summed E-state index contributed by atoms with van der Waals surface area (Å²) in [5.41, 5.74) is 0.735. The van der Waals surface area contributed by atoms with E-state index in [0.717, 1.165) is 59.2 Å². The van der Waals surface area contributed by atoms with Crippen LogP contribution in [-0.4, -0.2) is 102 Å². The Morgan fingerprint density at radius 2 is 1.97 bits per heavy atom. The van der Waals surface area contributed by atoms with Crippen LogP contribution in [-0.2, 0) is 21.3 Å². The van der Waals surface area contributed by atoms with E-state index in [9.17, 15) is 18.0 Å². The molecule has 4 heterocycles. The smallest absolute Gasteiger partial charge is 0.475 e. The van der Waals surface area contributed by atoms with E-state index in [2.05, 4.69) is 10.00 Å². The van der Waals surface area contributed by atoms with Crippen molar-refractivity contribution in [1.82, 2.24) is 19.6 Å². The first-order chi connectivity index (χ1) is 14.1. The molecule has 4 rings (SSSR count). The number of carboxylic acid groups (broad SMARTS) is 1. The van der Waals surface area contributed by atoms with Crippen molar-refractivity contribution in [1.29, 1.82) is 0 Å². The Hall–Kier alpha value is -2.18. The van der Waals surface area contributed by atoms with Crippen LogP contribution >= 0.6 is 0 Å². The molecule has 1 aromatic heterocycles. The van der Waals surface area contributed by atoms with Crippen LogP contribution in [0.25, 0.3) is 0 Å². The maximum absolute atomic E-state index is 12.8. The van der Waals surface area contributed by atoms with Crippen molar-refractivity contribution in [2.45, 2.75) is 6.18 Å². The molecule has 0 radical (unpaired) electrons. The summed E-state index contributed by atoms with van der Waals surface area (Å²) < 4.78 is 44.6. The van der Waals surface area contributed by atoms with E-state index in [-0.39, 0.29) is 11.3 Å². The lowest BCUT2D eigenvalue weighted by molar-refractivity contribution is -0.192. The number of hydrogen-bond acceptors (Lipinski definition) is 6. The number of carbonyl (C=O) groups excluding carboxylic acids is 1. The SMILES string of the molecule is Cn1nccc1C(=O)N1C[C@@H]2COC[C@]2(CN2CCOCC2)C1.O=C(O)C(F)(F)F. The Morgan fingerprint density at radius 1 is 1.30 bits per heavy atom. The normalized spacial score (nSPS) is 26.8. The van der Waals surface area contributed by atoms with Gasteiger partial charge in [0.2, 0.25) is 0 Å². The molecule has 1 aromatic rings. The molecule has 3 fully saturated rings. The highest BCUT2D eigenvalue weighted by Crippen LogP contribution is 2.42. The first-order valence-electron chi connectivity index (χ1n) is 9.58. The minimum absolute atomic E-state index is 0.0750. The fourth-order valence-corrected chi connectivity index (χ4v) is 4.16. The number of ether oxygens (including phenoxy) is 2. The van der Waals surface area contributed by atoms with Gasteiger partial charge in [0.15, 0.2) is 0 Å². The molecule has 3 aliphatic heterocycles. The van der Waals surface area contributed by atoms with Gasteiger partial charge in [0.05, 0.1) is 26.4 Å². The first kappa shape index (κ1) is 22.5. The molecule has 9 nitrogen and oxygen atoms in total. The van der Waals surface area contributed by atoms with Crippen LogP contribution in [0.1, 0.15) is 10.5 Å². The van der Waals surface area contributed by atoms with Crippen LogP contribution in [0.2, 0.25) is 0 Å². The summed E-state index contributed by atoms with van der Waals surface area (Å²) in [5, 5.41) is 11.2. The number of aliphatic carboxylic acids is 1. The zero-order chi connectivity index (χ0) is 21.9. The van der Waals surface area contributed by atoms with Crippen LogP contribution in [0, 0.1) is 11.3 Å². The lowest BCUT2D eigenvalue weighted by atomic mass is 9.80. The zero-order valence-electron chi connectivity index (χ0n) is 16.6. The number of hydrogen-bond donors (Lipinski definition) is 1. The second-order valence-electron chi connectivity index (χ2n) is 7.79. The van der Waals surface area contributed by atoms with Gasteiger partial charge in [-0.25, -0.2) is 4.79 Å². The van der Waals surface area contributed by atoms with E-state index in [1.54, 1.807) is 16.9 Å². The van der Waals surface area contributed by atoms with E-state index < -0.39 is 12.1 Å². The van der Waals surface area contributed by atoms with E-state index in [1.807, 2.05) is 11.9 Å². The highest BCUT2D eigenvalue weighted by molar-refractivity contribution is 5.92. The third-order valence-electron chi connectivity index (χ3n) is 5.73. The summed E-state index contributed by atoms with van der Waals surface area (Å²) in [5.74, 6) is -2.24. The number of likely N-dealkylation sites (tertiary alicyclic amines) is 1. The van der Waals surface area contributed by atoms with Crippen LogP contribution in [0.5, 0.6) is 0 Å². The molecule has 0 saturated carbocycles. The number of amides is 1. The van der Waals surface area contributed by atoms with Gasteiger partial charge in [0.25, 0.3) is 5.91 Å². The number of rotatable bonds is 3. The number of alkyl halides is 3. The Labute approximate surface area is 171 Å². The van der Waals surface area contributed by atoms with Crippen molar-refractivity contribution >= 4 is 11.9 Å².